The van der Waals surface area contributed by atoms with Crippen molar-refractivity contribution in [1.29, 1.82) is 0 Å². The van der Waals surface area contributed by atoms with Gasteiger partial charge in [-0.2, -0.15) is 0 Å². The predicted octanol–water partition coefficient (Wildman–Crippen LogP) is 1.98. The number of rotatable bonds is 6. The molecule has 0 saturated carbocycles. The summed E-state index contributed by atoms with van der Waals surface area (Å²) in [7, 11) is -3.67. The van der Waals surface area contributed by atoms with Crippen LogP contribution in [0.3, 0.4) is 0 Å². The molecule has 21 heavy (non-hydrogen) atoms. The van der Waals surface area contributed by atoms with Gasteiger partial charge in [-0.05, 0) is 37.1 Å². The van der Waals surface area contributed by atoms with Gasteiger partial charge in [-0.3, -0.25) is 4.98 Å². The number of nitrogens with zero attached hydrogens (tertiary/aromatic N) is 1. The first kappa shape index (κ1) is 15.9. The van der Waals surface area contributed by atoms with E-state index in [4.69, 9.17) is 0 Å². The van der Waals surface area contributed by atoms with E-state index in [1.807, 2.05) is 13.8 Å². The van der Waals surface area contributed by atoms with Gasteiger partial charge in [-0.15, -0.1) is 0 Å². The molecule has 1 aromatic heterocycles. The number of sulfonamides is 1. The largest absolute Gasteiger partial charge is 0.392 e. The molecule has 0 fully saturated rings. The number of benzene rings is 1. The molecular weight excluding hydrogens is 288 g/mol. The Hall–Kier alpha value is -1.50. The van der Waals surface area contributed by atoms with Crippen LogP contribution in [0.4, 0.5) is 0 Å². The maximum absolute atomic E-state index is 12.4. The van der Waals surface area contributed by atoms with E-state index >= 15 is 0 Å². The topological polar surface area (TPSA) is 79.3 Å². The molecule has 1 aromatic carbocycles. The quantitative estimate of drug-likeness (QED) is 0.855. The molecule has 1 heterocycles. The summed E-state index contributed by atoms with van der Waals surface area (Å²) >= 11 is 0. The number of hydrogen-bond acceptors (Lipinski definition) is 4. The third-order valence-electron chi connectivity index (χ3n) is 3.35. The van der Waals surface area contributed by atoms with Crippen LogP contribution in [0, 0.1) is 6.92 Å². The van der Waals surface area contributed by atoms with Gasteiger partial charge in [0.25, 0.3) is 0 Å². The van der Waals surface area contributed by atoms with Gasteiger partial charge in [0.2, 0.25) is 10.0 Å². The van der Waals surface area contributed by atoms with Crippen LogP contribution in [0.25, 0.3) is 10.9 Å². The number of aromatic nitrogens is 1. The van der Waals surface area contributed by atoms with Gasteiger partial charge in [-0.1, -0.05) is 19.4 Å². The molecule has 1 unspecified atom stereocenters. The Balaban J connectivity index is 2.35. The van der Waals surface area contributed by atoms with Gasteiger partial charge in [0.15, 0.2) is 0 Å². The number of fused-ring (bicyclic) bond motifs is 1. The van der Waals surface area contributed by atoms with Crippen LogP contribution in [0.15, 0.2) is 35.4 Å². The zero-order chi connectivity index (χ0) is 15.5. The minimum Gasteiger partial charge on any atom is -0.392 e. The average Bonchev–Trinajstić information content (AvgIpc) is 2.46. The molecule has 0 aliphatic heterocycles. The van der Waals surface area contributed by atoms with Crippen LogP contribution in [0.5, 0.6) is 0 Å². The van der Waals surface area contributed by atoms with Crippen molar-refractivity contribution >= 4 is 20.9 Å². The number of hydrogen-bond donors (Lipinski definition) is 2. The fourth-order valence-electron chi connectivity index (χ4n) is 2.24. The second-order valence-electron chi connectivity index (χ2n) is 5.07. The van der Waals surface area contributed by atoms with Crippen molar-refractivity contribution in [1.82, 2.24) is 9.71 Å². The Bertz CT molecular complexity index is 729. The molecule has 0 radical (unpaired) electrons. The fraction of sp³-hybridized carbons (Fsp3) is 0.400. The van der Waals surface area contributed by atoms with E-state index < -0.39 is 16.1 Å². The molecule has 1 atom stereocenters. The number of aliphatic hydroxyl groups is 1. The Morgan fingerprint density at radius 2 is 2.10 bits per heavy atom. The summed E-state index contributed by atoms with van der Waals surface area (Å²) in [6.45, 7) is 3.85. The molecule has 0 aliphatic carbocycles. The van der Waals surface area contributed by atoms with Crippen molar-refractivity contribution in [3.8, 4) is 0 Å². The van der Waals surface area contributed by atoms with Crippen LogP contribution in [-0.2, 0) is 10.0 Å². The monoisotopic (exact) mass is 308 g/mol. The highest BCUT2D eigenvalue weighted by Crippen LogP contribution is 2.24. The zero-order valence-corrected chi connectivity index (χ0v) is 13.0. The van der Waals surface area contributed by atoms with Crippen molar-refractivity contribution < 1.29 is 13.5 Å². The van der Waals surface area contributed by atoms with Crippen LogP contribution in [0.1, 0.15) is 25.3 Å². The van der Waals surface area contributed by atoms with E-state index in [1.165, 1.54) is 0 Å². The highest BCUT2D eigenvalue weighted by Gasteiger charge is 2.19. The Morgan fingerprint density at radius 1 is 1.33 bits per heavy atom. The maximum atomic E-state index is 12.4. The lowest BCUT2D eigenvalue weighted by Gasteiger charge is -2.13. The first-order valence-corrected chi connectivity index (χ1v) is 8.46. The van der Waals surface area contributed by atoms with Crippen molar-refractivity contribution in [2.24, 2.45) is 0 Å². The molecule has 0 aliphatic rings. The molecule has 2 aromatic rings. The van der Waals surface area contributed by atoms with E-state index in [9.17, 15) is 13.5 Å². The molecule has 6 heteroatoms. The number of pyridine rings is 1. The van der Waals surface area contributed by atoms with E-state index in [2.05, 4.69) is 9.71 Å². The van der Waals surface area contributed by atoms with Crippen LogP contribution in [-0.4, -0.2) is 31.2 Å². The van der Waals surface area contributed by atoms with Gasteiger partial charge in [0, 0.05) is 18.1 Å². The van der Waals surface area contributed by atoms with Gasteiger partial charge in [0.05, 0.1) is 16.5 Å². The minimum atomic E-state index is -3.67. The maximum Gasteiger partial charge on any atom is 0.241 e. The molecule has 0 amide bonds. The van der Waals surface area contributed by atoms with Gasteiger partial charge in [0.1, 0.15) is 0 Å². The van der Waals surface area contributed by atoms with Gasteiger partial charge < -0.3 is 5.11 Å². The summed E-state index contributed by atoms with van der Waals surface area (Å²) in [5.41, 5.74) is 1.60. The third-order valence-corrected chi connectivity index (χ3v) is 4.83. The lowest BCUT2D eigenvalue weighted by atomic mass is 10.1. The molecule has 0 saturated heterocycles. The van der Waals surface area contributed by atoms with Crippen LogP contribution in [0.2, 0.25) is 0 Å². The van der Waals surface area contributed by atoms with Gasteiger partial charge >= 0.3 is 0 Å². The molecular formula is C15H20N2O3S. The van der Waals surface area contributed by atoms with E-state index in [0.717, 1.165) is 12.0 Å². The summed E-state index contributed by atoms with van der Waals surface area (Å²) in [5.74, 6) is 0. The lowest BCUT2D eigenvalue weighted by molar-refractivity contribution is 0.167. The first-order chi connectivity index (χ1) is 9.95. The smallest absolute Gasteiger partial charge is 0.241 e. The third kappa shape index (κ3) is 3.58. The second kappa shape index (κ2) is 6.51. The predicted molar refractivity (Wildman–Crippen MR) is 82.6 cm³/mol. The summed E-state index contributed by atoms with van der Waals surface area (Å²) in [4.78, 5) is 4.43. The normalized spacial score (nSPS) is 13.5. The Labute approximate surface area is 125 Å². The average molecular weight is 308 g/mol. The van der Waals surface area contributed by atoms with Crippen molar-refractivity contribution in [2.45, 2.75) is 37.7 Å². The van der Waals surface area contributed by atoms with Gasteiger partial charge in [-0.25, -0.2) is 13.1 Å². The Kier molecular flexibility index (Phi) is 4.92. The molecule has 5 nitrogen and oxygen atoms in total. The molecule has 2 rings (SSSR count). The van der Waals surface area contributed by atoms with Crippen molar-refractivity contribution in [2.75, 3.05) is 6.54 Å². The summed E-state index contributed by atoms with van der Waals surface area (Å²) < 4.78 is 27.3. The highest BCUT2D eigenvalue weighted by molar-refractivity contribution is 7.89. The fourth-order valence-corrected chi connectivity index (χ4v) is 3.51. The molecule has 0 bridgehead atoms. The van der Waals surface area contributed by atoms with E-state index in [-0.39, 0.29) is 11.4 Å². The number of nitrogens with one attached hydrogen (secondary N) is 1. The number of aliphatic hydroxyl groups excluding tert-OH is 1. The van der Waals surface area contributed by atoms with Crippen LogP contribution >= 0.6 is 0 Å². The minimum absolute atomic E-state index is 0.0196. The molecule has 2 N–H and O–H groups in total. The zero-order valence-electron chi connectivity index (χ0n) is 12.2. The van der Waals surface area contributed by atoms with Crippen LogP contribution < -0.4 is 4.72 Å². The van der Waals surface area contributed by atoms with Crippen molar-refractivity contribution in [3.05, 3.63) is 36.0 Å². The van der Waals surface area contributed by atoms with E-state index in [0.29, 0.717) is 17.3 Å². The first-order valence-electron chi connectivity index (χ1n) is 6.97. The summed E-state index contributed by atoms with van der Waals surface area (Å²) in [5, 5.41) is 10.3. The standard InChI is InChI=1S/C15H20N2O3S/c1-3-5-12(18)10-17-21(19,20)14-8-7-11(2)15-13(14)6-4-9-16-15/h4,6-9,12,17-18H,3,5,10H2,1-2H3. The second-order valence-corrected chi connectivity index (χ2v) is 6.81. The summed E-state index contributed by atoms with van der Waals surface area (Å²) in [6, 6.07) is 6.78. The lowest BCUT2D eigenvalue weighted by Crippen LogP contribution is -2.32. The summed E-state index contributed by atoms with van der Waals surface area (Å²) in [6.07, 6.45) is 2.35. The highest BCUT2D eigenvalue weighted by atomic mass is 32.2. The Morgan fingerprint density at radius 3 is 2.81 bits per heavy atom. The SMILES string of the molecule is CCCC(O)CNS(=O)(=O)c1ccc(C)c2ncccc12. The van der Waals surface area contributed by atoms with Crippen molar-refractivity contribution in [3.63, 3.8) is 0 Å². The number of aryl methyl sites for hydroxylation is 1. The molecule has 114 valence electrons. The molecule has 0 spiro atoms. The van der Waals surface area contributed by atoms with E-state index in [1.54, 1.807) is 30.5 Å².